The molecule has 1 fully saturated rings. The summed E-state index contributed by atoms with van der Waals surface area (Å²) in [6.07, 6.45) is 0.356. The molecule has 0 atom stereocenters. The van der Waals surface area contributed by atoms with E-state index in [4.69, 9.17) is 0 Å². The summed E-state index contributed by atoms with van der Waals surface area (Å²) in [6.45, 7) is -0.721. The van der Waals surface area contributed by atoms with Crippen molar-refractivity contribution >= 4 is 5.91 Å². The van der Waals surface area contributed by atoms with Gasteiger partial charge in [-0.25, -0.2) is 4.98 Å². The smallest absolute Gasteiger partial charge is 0.352 e. The average Bonchev–Trinajstić information content (AvgIpc) is 2.99. The molecule has 5 nitrogen and oxygen atoms in total. The zero-order valence-electron chi connectivity index (χ0n) is 11.2. The van der Waals surface area contributed by atoms with E-state index in [9.17, 15) is 18.0 Å². The molecule has 1 aliphatic rings. The Morgan fingerprint density at radius 3 is 2.85 bits per heavy atom. The van der Waals surface area contributed by atoms with Crippen LogP contribution in [-0.2, 0) is 17.9 Å². The minimum absolute atomic E-state index is 0.107. The number of nitrogens with zero attached hydrogens (tertiary/aromatic N) is 3. The van der Waals surface area contributed by atoms with Gasteiger partial charge in [-0.3, -0.25) is 9.69 Å². The first-order valence-corrected chi connectivity index (χ1v) is 6.38. The standard InChI is InChI=1S/C12H17F3N4O/c1-18(7-11(20)17-9-2-3-9)6-10-16-4-5-19(10)8-12(13,14)15/h4-5,9H,2-3,6-8H2,1H3,(H,17,20). The van der Waals surface area contributed by atoms with Gasteiger partial charge in [0.1, 0.15) is 12.4 Å². The van der Waals surface area contributed by atoms with Crippen molar-refractivity contribution in [2.24, 2.45) is 0 Å². The van der Waals surface area contributed by atoms with Gasteiger partial charge in [0, 0.05) is 18.4 Å². The van der Waals surface area contributed by atoms with Crippen LogP contribution in [0.5, 0.6) is 0 Å². The molecule has 1 aromatic heterocycles. The number of likely N-dealkylation sites (N-methyl/N-ethyl adjacent to an activating group) is 1. The van der Waals surface area contributed by atoms with Crippen LogP contribution in [0.25, 0.3) is 0 Å². The first kappa shape index (κ1) is 14.8. The highest BCUT2D eigenvalue weighted by atomic mass is 19.4. The third-order valence-electron chi connectivity index (χ3n) is 2.92. The van der Waals surface area contributed by atoms with Crippen molar-refractivity contribution in [1.82, 2.24) is 19.8 Å². The van der Waals surface area contributed by atoms with E-state index in [2.05, 4.69) is 10.3 Å². The fourth-order valence-corrected chi connectivity index (χ4v) is 1.87. The highest BCUT2D eigenvalue weighted by Gasteiger charge is 2.29. The van der Waals surface area contributed by atoms with Crippen LogP contribution in [-0.4, -0.2) is 46.2 Å². The van der Waals surface area contributed by atoms with Crippen molar-refractivity contribution in [2.75, 3.05) is 13.6 Å². The van der Waals surface area contributed by atoms with Crippen LogP contribution in [0.1, 0.15) is 18.7 Å². The summed E-state index contributed by atoms with van der Waals surface area (Å²) in [4.78, 5) is 17.1. The van der Waals surface area contributed by atoms with Gasteiger partial charge in [0.15, 0.2) is 0 Å². The number of carbonyl (C=O) groups excluding carboxylic acids is 1. The van der Waals surface area contributed by atoms with E-state index in [1.54, 1.807) is 11.9 Å². The number of halogens is 3. The number of amides is 1. The zero-order chi connectivity index (χ0) is 14.8. The highest BCUT2D eigenvalue weighted by Crippen LogP contribution is 2.19. The van der Waals surface area contributed by atoms with Gasteiger partial charge in [-0.05, 0) is 19.9 Å². The molecule has 1 aliphatic carbocycles. The molecule has 8 heteroatoms. The lowest BCUT2D eigenvalue weighted by atomic mass is 10.4. The number of nitrogens with one attached hydrogen (secondary N) is 1. The molecular formula is C12H17F3N4O. The second kappa shape index (κ2) is 5.82. The van der Waals surface area contributed by atoms with Crippen molar-refractivity contribution in [3.05, 3.63) is 18.2 Å². The van der Waals surface area contributed by atoms with Crippen molar-refractivity contribution in [3.63, 3.8) is 0 Å². The molecule has 0 spiro atoms. The van der Waals surface area contributed by atoms with Gasteiger partial charge < -0.3 is 9.88 Å². The Kier molecular flexibility index (Phi) is 4.32. The third kappa shape index (κ3) is 4.84. The lowest BCUT2D eigenvalue weighted by Gasteiger charge is -2.17. The lowest BCUT2D eigenvalue weighted by molar-refractivity contribution is -0.141. The van der Waals surface area contributed by atoms with Gasteiger partial charge >= 0.3 is 6.18 Å². The molecule has 0 saturated heterocycles. The number of aromatic nitrogens is 2. The van der Waals surface area contributed by atoms with Gasteiger partial charge in [-0.15, -0.1) is 0 Å². The maximum Gasteiger partial charge on any atom is 0.406 e. The molecule has 1 saturated carbocycles. The fraction of sp³-hybridized carbons (Fsp3) is 0.667. The minimum atomic E-state index is -4.28. The van der Waals surface area contributed by atoms with Gasteiger partial charge in [-0.2, -0.15) is 13.2 Å². The van der Waals surface area contributed by atoms with E-state index in [1.807, 2.05) is 0 Å². The molecule has 0 aliphatic heterocycles. The number of hydrogen-bond donors (Lipinski definition) is 1. The summed E-state index contributed by atoms with van der Waals surface area (Å²) < 4.78 is 38.2. The van der Waals surface area contributed by atoms with E-state index in [1.165, 1.54) is 12.4 Å². The van der Waals surface area contributed by atoms with Gasteiger partial charge in [0.05, 0.1) is 13.1 Å². The van der Waals surface area contributed by atoms with Crippen molar-refractivity contribution < 1.29 is 18.0 Å². The molecule has 0 aromatic carbocycles. The Hall–Kier alpha value is -1.57. The molecule has 20 heavy (non-hydrogen) atoms. The summed E-state index contributed by atoms with van der Waals surface area (Å²) in [5.41, 5.74) is 0. The monoisotopic (exact) mass is 290 g/mol. The molecule has 0 bridgehead atoms. The molecule has 112 valence electrons. The minimum Gasteiger partial charge on any atom is -0.352 e. The topological polar surface area (TPSA) is 50.2 Å². The Morgan fingerprint density at radius 1 is 1.55 bits per heavy atom. The molecule has 0 unspecified atom stereocenters. The third-order valence-corrected chi connectivity index (χ3v) is 2.92. The van der Waals surface area contributed by atoms with E-state index >= 15 is 0 Å². The SMILES string of the molecule is CN(CC(=O)NC1CC1)Cc1nccn1CC(F)(F)F. The average molecular weight is 290 g/mol. The second-order valence-corrected chi connectivity index (χ2v) is 5.10. The normalized spacial score (nSPS) is 15.7. The summed E-state index contributed by atoms with van der Waals surface area (Å²) >= 11 is 0. The highest BCUT2D eigenvalue weighted by molar-refractivity contribution is 5.78. The van der Waals surface area contributed by atoms with E-state index < -0.39 is 12.7 Å². The van der Waals surface area contributed by atoms with E-state index in [-0.39, 0.29) is 25.0 Å². The Morgan fingerprint density at radius 2 is 2.25 bits per heavy atom. The molecular weight excluding hydrogens is 273 g/mol. The summed E-state index contributed by atoms with van der Waals surface area (Å²) in [7, 11) is 1.68. The number of alkyl halides is 3. The van der Waals surface area contributed by atoms with E-state index in [0.29, 0.717) is 5.82 Å². The molecule has 2 rings (SSSR count). The largest absolute Gasteiger partial charge is 0.406 e. The second-order valence-electron chi connectivity index (χ2n) is 5.10. The summed E-state index contributed by atoms with van der Waals surface area (Å²) in [5, 5.41) is 2.83. The maximum absolute atomic E-state index is 12.4. The van der Waals surface area contributed by atoms with E-state index in [0.717, 1.165) is 17.4 Å². The van der Waals surface area contributed by atoms with Crippen LogP contribution in [0.2, 0.25) is 0 Å². The maximum atomic E-state index is 12.4. The Bertz CT molecular complexity index is 468. The van der Waals surface area contributed by atoms with Crippen molar-refractivity contribution in [1.29, 1.82) is 0 Å². The first-order chi connectivity index (χ1) is 9.33. The molecule has 1 heterocycles. The van der Waals surface area contributed by atoms with Gasteiger partial charge in [0.2, 0.25) is 5.91 Å². The van der Waals surface area contributed by atoms with Crippen LogP contribution in [0.4, 0.5) is 13.2 Å². The fourth-order valence-electron chi connectivity index (χ4n) is 1.87. The first-order valence-electron chi connectivity index (χ1n) is 6.38. The quantitative estimate of drug-likeness (QED) is 0.855. The number of hydrogen-bond acceptors (Lipinski definition) is 3. The summed E-state index contributed by atoms with van der Waals surface area (Å²) in [5.74, 6) is 0.188. The van der Waals surface area contributed by atoms with Crippen molar-refractivity contribution in [3.8, 4) is 0 Å². The molecule has 0 radical (unpaired) electrons. The molecule has 1 N–H and O–H groups in total. The number of rotatable bonds is 6. The molecule has 1 amide bonds. The predicted molar refractivity (Wildman–Crippen MR) is 65.8 cm³/mol. The predicted octanol–water partition coefficient (Wildman–Crippen LogP) is 1.16. The van der Waals surface area contributed by atoms with Crippen LogP contribution >= 0.6 is 0 Å². The van der Waals surface area contributed by atoms with Gasteiger partial charge in [-0.1, -0.05) is 0 Å². The van der Waals surface area contributed by atoms with Crippen LogP contribution in [0.3, 0.4) is 0 Å². The number of imidazole rings is 1. The van der Waals surface area contributed by atoms with Crippen molar-refractivity contribution in [2.45, 2.75) is 38.1 Å². The number of carbonyl (C=O) groups is 1. The Balaban J connectivity index is 1.85. The zero-order valence-corrected chi connectivity index (χ0v) is 11.2. The van der Waals surface area contributed by atoms with Crippen LogP contribution in [0.15, 0.2) is 12.4 Å². The van der Waals surface area contributed by atoms with Crippen LogP contribution in [0, 0.1) is 0 Å². The molecule has 1 aromatic rings. The Labute approximate surface area is 114 Å². The lowest BCUT2D eigenvalue weighted by Crippen LogP contribution is -2.36. The van der Waals surface area contributed by atoms with Gasteiger partial charge in [0.25, 0.3) is 0 Å². The van der Waals surface area contributed by atoms with Crippen LogP contribution < -0.4 is 5.32 Å². The summed E-state index contributed by atoms with van der Waals surface area (Å²) in [6, 6.07) is 0.281.